The fraction of sp³-hybridized carbons (Fsp3) is 0.222. The molecule has 0 bridgehead atoms. The van der Waals surface area contributed by atoms with E-state index >= 15 is 0 Å². The van der Waals surface area contributed by atoms with Crippen LogP contribution in [0.1, 0.15) is 16.8 Å². The molecule has 24 heavy (non-hydrogen) atoms. The van der Waals surface area contributed by atoms with E-state index in [1.807, 2.05) is 23.6 Å². The fourth-order valence-electron chi connectivity index (χ4n) is 3.05. The van der Waals surface area contributed by atoms with Crippen molar-refractivity contribution in [1.82, 2.24) is 14.9 Å². The van der Waals surface area contributed by atoms with Crippen LogP contribution in [0.4, 0.5) is 0 Å². The number of nitrogens with one attached hydrogen (secondary N) is 1. The van der Waals surface area contributed by atoms with E-state index in [9.17, 15) is 4.79 Å². The van der Waals surface area contributed by atoms with Crippen LogP contribution in [0.2, 0.25) is 0 Å². The van der Waals surface area contributed by atoms with Crippen molar-refractivity contribution in [3.8, 4) is 10.7 Å². The van der Waals surface area contributed by atoms with Gasteiger partial charge in [0.05, 0.1) is 10.6 Å². The number of halogens is 1. The molecule has 4 nitrogen and oxygen atoms in total. The maximum absolute atomic E-state index is 12.4. The van der Waals surface area contributed by atoms with Crippen LogP contribution >= 0.6 is 27.3 Å². The number of rotatable bonds is 3. The summed E-state index contributed by atoms with van der Waals surface area (Å²) < 4.78 is 1.09. The van der Waals surface area contributed by atoms with E-state index in [1.54, 1.807) is 11.3 Å². The van der Waals surface area contributed by atoms with Crippen molar-refractivity contribution in [1.29, 1.82) is 0 Å². The Bertz CT molecular complexity index is 920. The van der Waals surface area contributed by atoms with Crippen LogP contribution in [0.3, 0.4) is 0 Å². The first-order valence-electron chi connectivity index (χ1n) is 7.82. The number of H-pyrrole nitrogens is 1. The number of aromatic nitrogens is 2. The Hall–Kier alpha value is -1.76. The SMILES string of the molecule is O=c1[nH]c(-c2cccs2)nc2c1CCN(Cc1cccc(Br)c1)C2. The maximum atomic E-state index is 12.4. The predicted molar refractivity (Wildman–Crippen MR) is 100 cm³/mol. The molecule has 0 saturated heterocycles. The van der Waals surface area contributed by atoms with Crippen LogP contribution < -0.4 is 5.56 Å². The van der Waals surface area contributed by atoms with Crippen LogP contribution in [0.25, 0.3) is 10.7 Å². The molecule has 0 aliphatic carbocycles. The lowest BCUT2D eigenvalue weighted by molar-refractivity contribution is 0.240. The van der Waals surface area contributed by atoms with Crippen molar-refractivity contribution in [2.75, 3.05) is 6.54 Å². The van der Waals surface area contributed by atoms with Crippen molar-refractivity contribution in [3.63, 3.8) is 0 Å². The van der Waals surface area contributed by atoms with Gasteiger partial charge in [0.2, 0.25) is 0 Å². The number of benzene rings is 1. The minimum Gasteiger partial charge on any atom is -0.306 e. The average molecular weight is 402 g/mol. The Balaban J connectivity index is 1.61. The summed E-state index contributed by atoms with van der Waals surface area (Å²) in [5.74, 6) is 0.679. The third-order valence-electron chi connectivity index (χ3n) is 4.20. The molecule has 3 aromatic rings. The molecule has 0 fully saturated rings. The highest BCUT2D eigenvalue weighted by molar-refractivity contribution is 9.10. The van der Waals surface area contributed by atoms with Crippen molar-refractivity contribution >= 4 is 27.3 Å². The van der Waals surface area contributed by atoms with Gasteiger partial charge >= 0.3 is 0 Å². The first-order chi connectivity index (χ1) is 11.7. The summed E-state index contributed by atoms with van der Waals surface area (Å²) in [5.41, 5.74) is 3.01. The first-order valence-corrected chi connectivity index (χ1v) is 9.49. The van der Waals surface area contributed by atoms with E-state index < -0.39 is 0 Å². The van der Waals surface area contributed by atoms with Crippen molar-refractivity contribution in [3.05, 3.63) is 73.4 Å². The predicted octanol–water partition coefficient (Wildman–Crippen LogP) is 3.82. The molecule has 122 valence electrons. The van der Waals surface area contributed by atoms with Gasteiger partial charge in [-0.3, -0.25) is 9.69 Å². The van der Waals surface area contributed by atoms with Crippen LogP contribution in [-0.4, -0.2) is 21.4 Å². The Morgan fingerprint density at radius 3 is 3.00 bits per heavy atom. The van der Waals surface area contributed by atoms with Crippen LogP contribution in [-0.2, 0) is 19.5 Å². The number of aromatic amines is 1. The second-order valence-electron chi connectivity index (χ2n) is 5.91. The number of fused-ring (bicyclic) bond motifs is 1. The lowest BCUT2D eigenvalue weighted by Crippen LogP contribution is -2.35. The van der Waals surface area contributed by atoms with Gasteiger partial charge in [-0.25, -0.2) is 4.98 Å². The molecule has 2 aromatic heterocycles. The molecular formula is C18H16BrN3OS. The second kappa shape index (κ2) is 6.63. The molecule has 0 amide bonds. The van der Waals surface area contributed by atoms with Gasteiger partial charge in [-0.05, 0) is 35.6 Å². The van der Waals surface area contributed by atoms with Crippen molar-refractivity contribution in [2.24, 2.45) is 0 Å². The highest BCUT2D eigenvalue weighted by Gasteiger charge is 2.21. The van der Waals surface area contributed by atoms with Crippen LogP contribution in [0.5, 0.6) is 0 Å². The molecule has 0 atom stereocenters. The Labute approximate surface area is 152 Å². The smallest absolute Gasteiger partial charge is 0.254 e. The lowest BCUT2D eigenvalue weighted by Gasteiger charge is -2.27. The van der Waals surface area contributed by atoms with Gasteiger partial charge in [0, 0.05) is 29.7 Å². The largest absolute Gasteiger partial charge is 0.306 e. The van der Waals surface area contributed by atoms with Gasteiger partial charge in [0.1, 0.15) is 0 Å². The molecule has 0 radical (unpaired) electrons. The molecule has 1 aliphatic rings. The van der Waals surface area contributed by atoms with Crippen molar-refractivity contribution in [2.45, 2.75) is 19.5 Å². The summed E-state index contributed by atoms with van der Waals surface area (Å²) in [5, 5.41) is 1.99. The molecule has 0 saturated carbocycles. The maximum Gasteiger partial charge on any atom is 0.254 e. The number of thiophene rings is 1. The van der Waals surface area contributed by atoms with Crippen LogP contribution in [0.15, 0.2) is 51.0 Å². The summed E-state index contributed by atoms with van der Waals surface area (Å²) in [6.07, 6.45) is 0.746. The van der Waals surface area contributed by atoms with Gasteiger partial charge in [-0.2, -0.15) is 0 Å². The molecule has 6 heteroatoms. The summed E-state index contributed by atoms with van der Waals surface area (Å²) >= 11 is 5.11. The van der Waals surface area contributed by atoms with E-state index in [0.29, 0.717) is 12.4 Å². The van der Waals surface area contributed by atoms with Crippen LogP contribution in [0, 0.1) is 0 Å². The number of nitrogens with zero attached hydrogens (tertiary/aromatic N) is 2. The highest BCUT2D eigenvalue weighted by Crippen LogP contribution is 2.23. The molecule has 1 aliphatic heterocycles. The molecular weight excluding hydrogens is 386 g/mol. The zero-order chi connectivity index (χ0) is 16.5. The lowest BCUT2D eigenvalue weighted by atomic mass is 10.1. The van der Waals surface area contributed by atoms with Gasteiger partial charge < -0.3 is 4.98 Å². The zero-order valence-electron chi connectivity index (χ0n) is 13.0. The zero-order valence-corrected chi connectivity index (χ0v) is 15.4. The molecule has 1 N–H and O–H groups in total. The number of hydrogen-bond acceptors (Lipinski definition) is 4. The van der Waals surface area contributed by atoms with E-state index in [4.69, 9.17) is 4.98 Å². The molecule has 3 heterocycles. The van der Waals surface area contributed by atoms with E-state index in [2.05, 4.69) is 44.0 Å². The topological polar surface area (TPSA) is 49.0 Å². The van der Waals surface area contributed by atoms with Gasteiger partial charge in [-0.1, -0.05) is 34.1 Å². The van der Waals surface area contributed by atoms with E-state index in [-0.39, 0.29) is 5.56 Å². The van der Waals surface area contributed by atoms with Gasteiger partial charge in [0.25, 0.3) is 5.56 Å². The number of hydrogen-bond donors (Lipinski definition) is 1. The molecule has 0 spiro atoms. The highest BCUT2D eigenvalue weighted by atomic mass is 79.9. The normalized spacial score (nSPS) is 14.5. The van der Waals surface area contributed by atoms with Crippen molar-refractivity contribution < 1.29 is 0 Å². The minimum atomic E-state index is 0.00510. The Kier molecular flexibility index (Phi) is 4.35. The third-order valence-corrected chi connectivity index (χ3v) is 5.57. The second-order valence-corrected chi connectivity index (χ2v) is 7.77. The average Bonchev–Trinajstić information content (AvgIpc) is 3.09. The standard InChI is InChI=1S/C18H16BrN3OS/c19-13-4-1-3-12(9-13)10-22-7-6-14-15(11-22)20-17(21-18(14)23)16-5-2-8-24-16/h1-5,8-9H,6-7,10-11H2,(H,20,21,23). The Morgan fingerprint density at radius 2 is 2.21 bits per heavy atom. The molecule has 1 aromatic carbocycles. The van der Waals surface area contributed by atoms with E-state index in [1.165, 1.54) is 5.56 Å². The fourth-order valence-corrected chi connectivity index (χ4v) is 4.17. The molecule has 0 unspecified atom stereocenters. The minimum absolute atomic E-state index is 0.00510. The quantitative estimate of drug-likeness (QED) is 0.725. The van der Waals surface area contributed by atoms with E-state index in [0.717, 1.165) is 40.1 Å². The monoisotopic (exact) mass is 401 g/mol. The summed E-state index contributed by atoms with van der Waals surface area (Å²) in [7, 11) is 0. The van der Waals surface area contributed by atoms with Gasteiger partial charge in [-0.15, -0.1) is 11.3 Å². The summed E-state index contributed by atoms with van der Waals surface area (Å²) in [6.45, 7) is 2.45. The Morgan fingerprint density at radius 1 is 1.29 bits per heavy atom. The van der Waals surface area contributed by atoms with Gasteiger partial charge in [0.15, 0.2) is 5.82 Å². The first kappa shape index (κ1) is 15.7. The molecule has 4 rings (SSSR count). The summed E-state index contributed by atoms with van der Waals surface area (Å²) in [6, 6.07) is 12.3. The summed E-state index contributed by atoms with van der Waals surface area (Å²) in [4.78, 5) is 23.4. The third kappa shape index (κ3) is 3.22.